The van der Waals surface area contributed by atoms with E-state index < -0.39 is 11.6 Å². The van der Waals surface area contributed by atoms with Crippen molar-refractivity contribution in [3.8, 4) is 5.75 Å². The Hall–Kier alpha value is -3.36. The molecule has 3 rings (SSSR count). The number of methoxy groups -OCH3 is 1. The molecule has 1 saturated heterocycles. The number of hydrogen-bond acceptors (Lipinski definition) is 7. The van der Waals surface area contributed by atoms with Crippen molar-refractivity contribution in [1.29, 1.82) is 0 Å². The van der Waals surface area contributed by atoms with Gasteiger partial charge in [0.1, 0.15) is 23.2 Å². The van der Waals surface area contributed by atoms with E-state index in [1.165, 1.54) is 19.2 Å². The number of hydrogen-bond donors (Lipinski definition) is 2. The Morgan fingerprint density at radius 3 is 2.60 bits per heavy atom. The molecule has 0 aliphatic carbocycles. The summed E-state index contributed by atoms with van der Waals surface area (Å²) in [5, 5.41) is 3.28. The molecule has 0 radical (unpaired) electrons. The maximum atomic E-state index is 13.6. The number of pyridine rings is 1. The summed E-state index contributed by atoms with van der Waals surface area (Å²) in [6.45, 7) is 3.30. The summed E-state index contributed by atoms with van der Waals surface area (Å²) in [6.07, 6.45) is 1.18. The van der Waals surface area contributed by atoms with Crippen LogP contribution in [0.1, 0.15) is 35.7 Å². The van der Waals surface area contributed by atoms with Crippen molar-refractivity contribution in [3.05, 3.63) is 47.3 Å². The van der Waals surface area contributed by atoms with E-state index in [1.807, 2.05) is 0 Å². The van der Waals surface area contributed by atoms with Crippen LogP contribution in [0.2, 0.25) is 0 Å². The first-order chi connectivity index (χ1) is 14.4. The van der Waals surface area contributed by atoms with Gasteiger partial charge in [-0.3, -0.25) is 4.79 Å². The Kier molecular flexibility index (Phi) is 6.71. The van der Waals surface area contributed by atoms with Crippen LogP contribution in [0, 0.1) is 5.82 Å². The highest BCUT2D eigenvalue weighted by molar-refractivity contribution is 6.13. The zero-order valence-corrected chi connectivity index (χ0v) is 17.0. The summed E-state index contributed by atoms with van der Waals surface area (Å²) >= 11 is 0. The van der Waals surface area contributed by atoms with E-state index in [0.717, 1.165) is 18.9 Å². The molecule has 0 spiro atoms. The molecular formula is C21H25FN4O4. The number of halogens is 1. The molecule has 0 atom stereocenters. The van der Waals surface area contributed by atoms with Crippen LogP contribution in [-0.2, 0) is 4.74 Å². The van der Waals surface area contributed by atoms with E-state index in [-0.39, 0.29) is 34.8 Å². The number of nitrogens with zero attached hydrogens (tertiary/aromatic N) is 2. The Morgan fingerprint density at radius 1 is 1.23 bits per heavy atom. The molecule has 9 heteroatoms. The number of carbonyl (C=O) groups excluding carboxylic acids is 2. The molecule has 1 aliphatic heterocycles. The highest BCUT2D eigenvalue weighted by Gasteiger charge is 2.24. The lowest BCUT2D eigenvalue weighted by atomic mass is 10.0. The normalized spacial score (nSPS) is 14.3. The number of benzene rings is 1. The molecule has 1 aromatic heterocycles. The van der Waals surface area contributed by atoms with Crippen LogP contribution in [0.4, 0.5) is 20.8 Å². The molecule has 2 heterocycles. The van der Waals surface area contributed by atoms with Gasteiger partial charge in [-0.1, -0.05) is 0 Å². The topological polar surface area (TPSA) is 107 Å². The molecule has 1 aromatic carbocycles. The Bertz CT molecular complexity index is 929. The highest BCUT2D eigenvalue weighted by Crippen LogP contribution is 2.26. The minimum Gasteiger partial charge on any atom is -0.496 e. The third-order valence-corrected chi connectivity index (χ3v) is 4.95. The van der Waals surface area contributed by atoms with Gasteiger partial charge in [0.2, 0.25) is 5.78 Å². The first-order valence-electron chi connectivity index (χ1n) is 9.76. The second-order valence-corrected chi connectivity index (χ2v) is 6.91. The highest BCUT2D eigenvalue weighted by atomic mass is 19.1. The number of likely N-dealkylation sites (tertiary alicyclic amines) is 1. The minimum atomic E-state index is -0.543. The van der Waals surface area contributed by atoms with E-state index in [2.05, 4.69) is 10.3 Å². The summed E-state index contributed by atoms with van der Waals surface area (Å²) in [6, 6.07) is 7.07. The van der Waals surface area contributed by atoms with Crippen LogP contribution in [0.3, 0.4) is 0 Å². The van der Waals surface area contributed by atoms with Gasteiger partial charge in [0.15, 0.2) is 0 Å². The third kappa shape index (κ3) is 4.79. The van der Waals surface area contributed by atoms with E-state index in [0.29, 0.717) is 25.5 Å². The number of ether oxygens (including phenoxy) is 2. The van der Waals surface area contributed by atoms with Gasteiger partial charge >= 0.3 is 6.09 Å². The predicted octanol–water partition coefficient (Wildman–Crippen LogP) is 3.08. The number of anilines is 2. The maximum absolute atomic E-state index is 13.6. The van der Waals surface area contributed by atoms with Crippen molar-refractivity contribution in [3.63, 3.8) is 0 Å². The summed E-state index contributed by atoms with van der Waals surface area (Å²) < 4.78 is 23.8. The summed E-state index contributed by atoms with van der Waals surface area (Å²) in [4.78, 5) is 30.6. The second kappa shape index (κ2) is 9.43. The number of aromatic nitrogens is 1. The number of amides is 1. The lowest BCUT2D eigenvalue weighted by Gasteiger charge is -2.31. The van der Waals surface area contributed by atoms with Gasteiger partial charge in [-0.25, -0.2) is 14.2 Å². The molecule has 30 heavy (non-hydrogen) atoms. The number of rotatable bonds is 6. The Balaban J connectivity index is 1.67. The van der Waals surface area contributed by atoms with E-state index >= 15 is 0 Å². The van der Waals surface area contributed by atoms with Crippen molar-refractivity contribution >= 4 is 23.5 Å². The third-order valence-electron chi connectivity index (χ3n) is 4.95. The number of carbonyl (C=O) groups is 2. The molecular weight excluding hydrogens is 391 g/mol. The van der Waals surface area contributed by atoms with Crippen molar-refractivity contribution < 1.29 is 23.5 Å². The monoisotopic (exact) mass is 416 g/mol. The van der Waals surface area contributed by atoms with Gasteiger partial charge in [-0.15, -0.1) is 0 Å². The van der Waals surface area contributed by atoms with Crippen molar-refractivity contribution in [1.82, 2.24) is 9.88 Å². The fourth-order valence-electron chi connectivity index (χ4n) is 3.38. The van der Waals surface area contributed by atoms with E-state index in [1.54, 1.807) is 24.0 Å². The zero-order valence-electron chi connectivity index (χ0n) is 17.0. The number of nitrogen functional groups attached to an aromatic ring is 1. The van der Waals surface area contributed by atoms with Crippen molar-refractivity contribution in [2.24, 2.45) is 0 Å². The summed E-state index contributed by atoms with van der Waals surface area (Å²) in [7, 11) is 1.41. The van der Waals surface area contributed by atoms with Crippen LogP contribution < -0.4 is 15.8 Å². The molecule has 8 nitrogen and oxygen atoms in total. The summed E-state index contributed by atoms with van der Waals surface area (Å²) in [5.41, 5.74) is 6.26. The van der Waals surface area contributed by atoms with Gasteiger partial charge in [0.05, 0.1) is 24.8 Å². The molecule has 0 saturated carbocycles. The first-order valence-corrected chi connectivity index (χ1v) is 9.76. The Morgan fingerprint density at radius 2 is 1.97 bits per heavy atom. The standard InChI is InChI=1S/C21H25FN4O4/c1-3-30-21(28)26-10-8-14(9-11-26)24-18-7-5-15(20(23)25-18)19(27)16-12-13(22)4-6-17(16)29-2/h4-7,12,14H,3,8-11H2,1-2H3,(H3,23,24,25). The second-order valence-electron chi connectivity index (χ2n) is 6.91. The molecule has 0 unspecified atom stereocenters. The van der Waals surface area contributed by atoms with Crippen molar-refractivity contribution in [2.75, 3.05) is 37.9 Å². The van der Waals surface area contributed by atoms with Gasteiger partial charge < -0.3 is 25.4 Å². The molecule has 2 aromatic rings. The summed E-state index contributed by atoms with van der Waals surface area (Å²) in [5.74, 6) is -0.176. The fourth-order valence-corrected chi connectivity index (χ4v) is 3.38. The molecule has 1 fully saturated rings. The molecule has 1 amide bonds. The minimum absolute atomic E-state index is 0.0419. The van der Waals surface area contributed by atoms with Crippen LogP contribution >= 0.6 is 0 Å². The lowest BCUT2D eigenvalue weighted by Crippen LogP contribution is -2.42. The number of nitrogens with two attached hydrogens (primary N) is 1. The molecule has 160 valence electrons. The zero-order chi connectivity index (χ0) is 21.7. The van der Waals surface area contributed by atoms with Crippen LogP contribution in [0.5, 0.6) is 5.75 Å². The molecule has 1 aliphatic rings. The first kappa shape index (κ1) is 21.4. The van der Waals surface area contributed by atoms with Gasteiger partial charge in [0, 0.05) is 19.1 Å². The van der Waals surface area contributed by atoms with Crippen molar-refractivity contribution in [2.45, 2.75) is 25.8 Å². The number of nitrogens with one attached hydrogen (secondary N) is 1. The largest absolute Gasteiger partial charge is 0.496 e. The lowest BCUT2D eigenvalue weighted by molar-refractivity contribution is 0.0982. The smallest absolute Gasteiger partial charge is 0.409 e. The van der Waals surface area contributed by atoms with E-state index in [9.17, 15) is 14.0 Å². The Labute approximate surface area is 174 Å². The van der Waals surface area contributed by atoms with Gasteiger partial charge in [-0.05, 0) is 50.1 Å². The van der Waals surface area contributed by atoms with Crippen LogP contribution in [-0.4, -0.2) is 54.6 Å². The molecule has 0 bridgehead atoms. The van der Waals surface area contributed by atoms with E-state index in [4.69, 9.17) is 15.2 Å². The number of piperidine rings is 1. The fraction of sp³-hybridized carbons (Fsp3) is 0.381. The quantitative estimate of drug-likeness (QED) is 0.697. The van der Waals surface area contributed by atoms with Crippen LogP contribution in [0.25, 0.3) is 0 Å². The average molecular weight is 416 g/mol. The average Bonchev–Trinajstić information content (AvgIpc) is 2.74. The maximum Gasteiger partial charge on any atom is 0.409 e. The van der Waals surface area contributed by atoms with Crippen LogP contribution in [0.15, 0.2) is 30.3 Å². The number of ketones is 1. The SMILES string of the molecule is CCOC(=O)N1CCC(Nc2ccc(C(=O)c3cc(F)ccc3OC)c(N)n2)CC1. The van der Waals surface area contributed by atoms with Gasteiger partial charge in [0.25, 0.3) is 0 Å². The molecule has 3 N–H and O–H groups in total. The van der Waals surface area contributed by atoms with Gasteiger partial charge in [-0.2, -0.15) is 0 Å². The predicted molar refractivity (Wildman–Crippen MR) is 110 cm³/mol.